The van der Waals surface area contributed by atoms with E-state index < -0.39 is 5.97 Å². The number of carbonyl (C=O) groups is 2. The fourth-order valence-corrected chi connectivity index (χ4v) is 2.42. The molecular formula is C15H21N3O3. The second-order valence-corrected chi connectivity index (χ2v) is 6.17. The molecule has 1 aromatic heterocycles. The molecule has 114 valence electrons. The highest BCUT2D eigenvalue weighted by atomic mass is 16.4. The van der Waals surface area contributed by atoms with Crippen molar-refractivity contribution in [3.05, 3.63) is 24.0 Å². The first kappa shape index (κ1) is 15.3. The van der Waals surface area contributed by atoms with Gasteiger partial charge in [-0.25, -0.2) is 14.6 Å². The Hall–Kier alpha value is -2.11. The molecule has 1 fully saturated rings. The predicted molar refractivity (Wildman–Crippen MR) is 79.4 cm³/mol. The van der Waals surface area contributed by atoms with Crippen molar-refractivity contribution in [1.29, 1.82) is 0 Å². The monoisotopic (exact) mass is 291 g/mol. The van der Waals surface area contributed by atoms with Crippen molar-refractivity contribution in [3.63, 3.8) is 0 Å². The first-order valence-electron chi connectivity index (χ1n) is 7.13. The minimum Gasteiger partial charge on any atom is -0.477 e. The number of rotatable bonds is 2. The zero-order chi connectivity index (χ0) is 15.5. The van der Waals surface area contributed by atoms with Gasteiger partial charge in [-0.3, -0.25) is 0 Å². The first-order chi connectivity index (χ1) is 9.87. The molecule has 0 aliphatic carbocycles. The molecule has 21 heavy (non-hydrogen) atoms. The SMILES string of the molecule is CC1(C)CCCN(C(=O)Nc2ccc(C(=O)O)nc2)CC1. The number of likely N-dealkylation sites (tertiary alicyclic amines) is 1. The summed E-state index contributed by atoms with van der Waals surface area (Å²) >= 11 is 0. The Bertz CT molecular complexity index is 525. The van der Waals surface area contributed by atoms with Gasteiger partial charge >= 0.3 is 12.0 Å². The normalized spacial score (nSPS) is 17.9. The number of amides is 2. The van der Waals surface area contributed by atoms with Crippen LogP contribution in [0.25, 0.3) is 0 Å². The maximum Gasteiger partial charge on any atom is 0.354 e. The number of aromatic carboxylic acids is 1. The molecule has 0 radical (unpaired) electrons. The van der Waals surface area contributed by atoms with Crippen LogP contribution in [0.4, 0.5) is 10.5 Å². The average molecular weight is 291 g/mol. The molecule has 2 amide bonds. The molecule has 1 aliphatic rings. The van der Waals surface area contributed by atoms with Crippen LogP contribution in [0.2, 0.25) is 0 Å². The van der Waals surface area contributed by atoms with Crippen LogP contribution >= 0.6 is 0 Å². The van der Waals surface area contributed by atoms with Crippen LogP contribution in [0.1, 0.15) is 43.6 Å². The molecule has 1 saturated heterocycles. The summed E-state index contributed by atoms with van der Waals surface area (Å²) in [5.74, 6) is -1.08. The van der Waals surface area contributed by atoms with Crippen LogP contribution in [0.3, 0.4) is 0 Å². The van der Waals surface area contributed by atoms with Gasteiger partial charge in [0.05, 0.1) is 11.9 Å². The Morgan fingerprint density at radius 3 is 2.67 bits per heavy atom. The van der Waals surface area contributed by atoms with Gasteiger partial charge < -0.3 is 15.3 Å². The zero-order valence-corrected chi connectivity index (χ0v) is 12.4. The molecule has 6 heteroatoms. The average Bonchev–Trinajstić information content (AvgIpc) is 2.60. The van der Waals surface area contributed by atoms with E-state index in [0.29, 0.717) is 5.69 Å². The first-order valence-corrected chi connectivity index (χ1v) is 7.13. The molecular weight excluding hydrogens is 270 g/mol. The highest BCUT2D eigenvalue weighted by Gasteiger charge is 2.25. The van der Waals surface area contributed by atoms with E-state index in [1.54, 1.807) is 11.0 Å². The van der Waals surface area contributed by atoms with E-state index in [2.05, 4.69) is 24.1 Å². The van der Waals surface area contributed by atoms with Crippen LogP contribution in [0.5, 0.6) is 0 Å². The Balaban J connectivity index is 1.96. The van der Waals surface area contributed by atoms with Crippen molar-refractivity contribution >= 4 is 17.7 Å². The van der Waals surface area contributed by atoms with Crippen LogP contribution in [0, 0.1) is 5.41 Å². The maximum absolute atomic E-state index is 12.2. The van der Waals surface area contributed by atoms with Crippen LogP contribution in [-0.4, -0.2) is 40.1 Å². The number of carboxylic acid groups (broad SMARTS) is 1. The van der Waals surface area contributed by atoms with Gasteiger partial charge in [-0.05, 0) is 36.8 Å². The van der Waals surface area contributed by atoms with Gasteiger partial charge in [0, 0.05) is 13.1 Å². The fraction of sp³-hybridized carbons (Fsp3) is 0.533. The van der Waals surface area contributed by atoms with Gasteiger partial charge in [0.15, 0.2) is 0 Å². The smallest absolute Gasteiger partial charge is 0.354 e. The molecule has 1 aromatic rings. The summed E-state index contributed by atoms with van der Waals surface area (Å²) in [7, 11) is 0. The lowest BCUT2D eigenvalue weighted by molar-refractivity contribution is 0.0690. The lowest BCUT2D eigenvalue weighted by Gasteiger charge is -2.23. The van der Waals surface area contributed by atoms with E-state index in [1.165, 1.54) is 12.3 Å². The number of carboxylic acids is 1. The summed E-state index contributed by atoms with van der Waals surface area (Å²) in [5, 5.41) is 11.5. The lowest BCUT2D eigenvalue weighted by atomic mass is 9.85. The molecule has 0 aromatic carbocycles. The standard InChI is InChI=1S/C15H21N3O3/c1-15(2)6-3-8-18(9-7-15)14(21)17-11-4-5-12(13(19)20)16-10-11/h4-5,10H,3,6-9H2,1-2H3,(H,17,21)(H,19,20). The van der Waals surface area contributed by atoms with Crippen molar-refractivity contribution in [2.75, 3.05) is 18.4 Å². The molecule has 0 spiro atoms. The van der Waals surface area contributed by atoms with Gasteiger partial charge in [-0.2, -0.15) is 0 Å². The van der Waals surface area contributed by atoms with E-state index in [4.69, 9.17) is 5.11 Å². The second kappa shape index (κ2) is 6.11. The molecule has 2 N–H and O–H groups in total. The van der Waals surface area contributed by atoms with Crippen LogP contribution in [-0.2, 0) is 0 Å². The van der Waals surface area contributed by atoms with Crippen molar-refractivity contribution < 1.29 is 14.7 Å². The van der Waals surface area contributed by atoms with E-state index in [1.807, 2.05) is 0 Å². The van der Waals surface area contributed by atoms with Gasteiger partial charge in [-0.15, -0.1) is 0 Å². The molecule has 2 heterocycles. The summed E-state index contributed by atoms with van der Waals surface area (Å²) in [6, 6.07) is 2.78. The Kier molecular flexibility index (Phi) is 4.45. The summed E-state index contributed by atoms with van der Waals surface area (Å²) < 4.78 is 0. The van der Waals surface area contributed by atoms with Crippen molar-refractivity contribution in [1.82, 2.24) is 9.88 Å². The Labute approximate surface area is 124 Å². The molecule has 2 rings (SSSR count). The zero-order valence-electron chi connectivity index (χ0n) is 12.4. The topological polar surface area (TPSA) is 82.5 Å². The van der Waals surface area contributed by atoms with E-state index >= 15 is 0 Å². The largest absolute Gasteiger partial charge is 0.477 e. The molecule has 0 saturated carbocycles. The lowest BCUT2D eigenvalue weighted by Crippen LogP contribution is -2.36. The number of anilines is 1. The third-order valence-electron chi connectivity index (χ3n) is 3.86. The second-order valence-electron chi connectivity index (χ2n) is 6.17. The van der Waals surface area contributed by atoms with Gasteiger partial charge in [-0.1, -0.05) is 13.8 Å². The minimum absolute atomic E-state index is 0.0375. The van der Waals surface area contributed by atoms with Crippen molar-refractivity contribution in [3.8, 4) is 0 Å². The number of carbonyl (C=O) groups excluding carboxylic acids is 1. The molecule has 0 unspecified atom stereocenters. The maximum atomic E-state index is 12.2. The number of nitrogens with zero attached hydrogens (tertiary/aromatic N) is 2. The number of nitrogens with one attached hydrogen (secondary N) is 1. The van der Waals surface area contributed by atoms with Gasteiger partial charge in [0.1, 0.15) is 5.69 Å². The van der Waals surface area contributed by atoms with Crippen molar-refractivity contribution in [2.24, 2.45) is 5.41 Å². The predicted octanol–water partition coefficient (Wildman–Crippen LogP) is 2.82. The highest BCUT2D eigenvalue weighted by Crippen LogP contribution is 2.29. The molecule has 0 atom stereocenters. The molecule has 1 aliphatic heterocycles. The van der Waals surface area contributed by atoms with Gasteiger partial charge in [0.2, 0.25) is 0 Å². The van der Waals surface area contributed by atoms with E-state index in [9.17, 15) is 9.59 Å². The summed E-state index contributed by atoms with van der Waals surface area (Å²) in [6.07, 6.45) is 4.46. The minimum atomic E-state index is -1.08. The number of hydrogen-bond donors (Lipinski definition) is 2. The van der Waals surface area contributed by atoms with Crippen LogP contribution in [0.15, 0.2) is 18.3 Å². The summed E-state index contributed by atoms with van der Waals surface area (Å²) in [5.41, 5.74) is 0.748. The molecule has 6 nitrogen and oxygen atoms in total. The summed E-state index contributed by atoms with van der Waals surface area (Å²) in [6.45, 7) is 5.93. The van der Waals surface area contributed by atoms with Gasteiger partial charge in [0.25, 0.3) is 0 Å². The fourth-order valence-electron chi connectivity index (χ4n) is 2.42. The quantitative estimate of drug-likeness (QED) is 0.877. The number of urea groups is 1. The van der Waals surface area contributed by atoms with Crippen LogP contribution < -0.4 is 5.32 Å². The summed E-state index contributed by atoms with van der Waals surface area (Å²) in [4.78, 5) is 28.5. The Morgan fingerprint density at radius 2 is 2.05 bits per heavy atom. The number of pyridine rings is 1. The highest BCUT2D eigenvalue weighted by molar-refractivity contribution is 5.90. The molecule has 0 bridgehead atoms. The number of hydrogen-bond acceptors (Lipinski definition) is 3. The van der Waals surface area contributed by atoms with E-state index in [0.717, 1.165) is 32.4 Å². The number of aromatic nitrogens is 1. The van der Waals surface area contributed by atoms with E-state index in [-0.39, 0.29) is 17.1 Å². The third-order valence-corrected chi connectivity index (χ3v) is 3.86. The van der Waals surface area contributed by atoms with Crippen molar-refractivity contribution in [2.45, 2.75) is 33.1 Å². The third kappa shape index (κ3) is 4.18. The Morgan fingerprint density at radius 1 is 1.29 bits per heavy atom.